The summed E-state index contributed by atoms with van der Waals surface area (Å²) in [6.45, 7) is 0. The first-order valence-corrected chi connectivity index (χ1v) is 6.78. The Morgan fingerprint density at radius 3 is 2.71 bits per heavy atom. The van der Waals surface area contributed by atoms with Crippen molar-refractivity contribution in [3.8, 4) is 5.69 Å². The van der Waals surface area contributed by atoms with Crippen LogP contribution in [0.3, 0.4) is 0 Å². The van der Waals surface area contributed by atoms with Crippen LogP contribution in [0.15, 0.2) is 58.1 Å². The molecule has 1 heterocycles. The lowest BCUT2D eigenvalue weighted by atomic mass is 10.2. The molecule has 0 aliphatic heterocycles. The molecule has 0 spiro atoms. The summed E-state index contributed by atoms with van der Waals surface area (Å²) in [6.07, 6.45) is 1.31. The number of fused-ring (bicyclic) bond motifs is 1. The lowest BCUT2D eigenvalue weighted by Crippen LogP contribution is -2.19. The van der Waals surface area contributed by atoms with Gasteiger partial charge in [-0.25, -0.2) is 4.98 Å². The van der Waals surface area contributed by atoms with Gasteiger partial charge in [0.25, 0.3) is 11.2 Å². The maximum atomic E-state index is 12.5. The number of para-hydroxylation sites is 2. The molecule has 0 atom stereocenters. The number of rotatable bonds is 2. The molecule has 1 aromatic heterocycles. The van der Waals surface area contributed by atoms with Crippen LogP contribution in [0.2, 0.25) is 0 Å². The average molecular weight is 346 g/mol. The van der Waals surface area contributed by atoms with Gasteiger partial charge in [-0.05, 0) is 24.3 Å². The van der Waals surface area contributed by atoms with Gasteiger partial charge in [-0.3, -0.25) is 19.5 Å². The molecule has 0 amide bonds. The predicted octanol–water partition coefficient (Wildman–Crippen LogP) is 3.06. The van der Waals surface area contributed by atoms with Crippen LogP contribution in [-0.4, -0.2) is 14.5 Å². The van der Waals surface area contributed by atoms with Gasteiger partial charge in [0.15, 0.2) is 0 Å². The zero-order valence-corrected chi connectivity index (χ0v) is 12.1. The summed E-state index contributed by atoms with van der Waals surface area (Å²) in [5, 5.41) is 11.5. The molecular weight excluding hydrogens is 338 g/mol. The molecule has 2 aromatic carbocycles. The van der Waals surface area contributed by atoms with E-state index in [2.05, 4.69) is 20.9 Å². The van der Waals surface area contributed by atoms with E-state index in [0.717, 1.165) is 4.47 Å². The normalized spacial score (nSPS) is 10.7. The van der Waals surface area contributed by atoms with Crippen LogP contribution in [-0.2, 0) is 0 Å². The highest BCUT2D eigenvalue weighted by Gasteiger charge is 2.16. The quantitative estimate of drug-likeness (QED) is 0.528. The number of hydrogen-bond donors (Lipinski definition) is 0. The molecule has 0 aliphatic carbocycles. The van der Waals surface area contributed by atoms with Gasteiger partial charge >= 0.3 is 0 Å². The van der Waals surface area contributed by atoms with E-state index in [0.29, 0.717) is 10.9 Å². The number of aromatic nitrogens is 2. The first kappa shape index (κ1) is 13.4. The largest absolute Gasteiger partial charge is 0.293 e. The molecular formula is C14H8BrN3O3. The highest BCUT2D eigenvalue weighted by atomic mass is 79.9. The fraction of sp³-hybridized carbons (Fsp3) is 0. The summed E-state index contributed by atoms with van der Waals surface area (Å²) in [4.78, 5) is 27.3. The first-order chi connectivity index (χ1) is 10.1. The van der Waals surface area contributed by atoms with Crippen LogP contribution in [0.5, 0.6) is 0 Å². The highest BCUT2D eigenvalue weighted by molar-refractivity contribution is 9.10. The molecule has 3 rings (SSSR count). The Balaban J connectivity index is 2.34. The van der Waals surface area contributed by atoms with Crippen molar-refractivity contribution in [2.24, 2.45) is 0 Å². The Hall–Kier alpha value is -2.54. The second-order valence-electron chi connectivity index (χ2n) is 4.33. The highest BCUT2D eigenvalue weighted by Crippen LogP contribution is 2.22. The third-order valence-corrected chi connectivity index (χ3v) is 3.55. The molecule has 0 unspecified atom stereocenters. The molecule has 0 aliphatic rings. The maximum absolute atomic E-state index is 12.5. The minimum Gasteiger partial charge on any atom is -0.268 e. The Morgan fingerprint density at radius 2 is 1.95 bits per heavy atom. The predicted molar refractivity (Wildman–Crippen MR) is 81.7 cm³/mol. The van der Waals surface area contributed by atoms with Crippen LogP contribution in [0, 0.1) is 10.1 Å². The number of halogens is 1. The SMILES string of the molecule is O=c1c2cc(Br)ccc2ncn1-c1ccccc1[N+](=O)[O-]. The molecule has 0 saturated heterocycles. The van der Waals surface area contributed by atoms with Crippen LogP contribution in [0.4, 0.5) is 5.69 Å². The Bertz CT molecular complexity index is 921. The summed E-state index contributed by atoms with van der Waals surface area (Å²) < 4.78 is 1.93. The lowest BCUT2D eigenvalue weighted by Gasteiger charge is -2.07. The van der Waals surface area contributed by atoms with Crippen molar-refractivity contribution < 1.29 is 4.92 Å². The third kappa shape index (κ3) is 2.31. The van der Waals surface area contributed by atoms with E-state index in [4.69, 9.17) is 0 Å². The zero-order valence-electron chi connectivity index (χ0n) is 10.6. The van der Waals surface area contributed by atoms with Gasteiger partial charge in [-0.15, -0.1) is 0 Å². The summed E-state index contributed by atoms with van der Waals surface area (Å²) in [7, 11) is 0. The molecule has 6 nitrogen and oxygen atoms in total. The van der Waals surface area contributed by atoms with Gasteiger partial charge in [0.05, 0.1) is 15.8 Å². The van der Waals surface area contributed by atoms with Gasteiger partial charge in [0.2, 0.25) is 0 Å². The fourth-order valence-electron chi connectivity index (χ4n) is 2.09. The van der Waals surface area contributed by atoms with E-state index in [1.54, 1.807) is 30.3 Å². The molecule has 3 aromatic rings. The second-order valence-corrected chi connectivity index (χ2v) is 5.24. The van der Waals surface area contributed by atoms with E-state index in [1.807, 2.05) is 0 Å². The number of nitro benzene ring substituents is 1. The summed E-state index contributed by atoms with van der Waals surface area (Å²) in [6, 6.07) is 11.2. The van der Waals surface area contributed by atoms with Gasteiger partial charge < -0.3 is 0 Å². The van der Waals surface area contributed by atoms with Crippen molar-refractivity contribution in [3.05, 3.63) is 73.7 Å². The summed E-state index contributed by atoms with van der Waals surface area (Å²) in [5.74, 6) is 0. The zero-order chi connectivity index (χ0) is 15.0. The van der Waals surface area contributed by atoms with Gasteiger partial charge in [0, 0.05) is 10.5 Å². The van der Waals surface area contributed by atoms with Crippen molar-refractivity contribution in [1.82, 2.24) is 9.55 Å². The molecule has 0 N–H and O–H groups in total. The number of hydrogen-bond acceptors (Lipinski definition) is 4. The summed E-state index contributed by atoms with van der Waals surface area (Å²) >= 11 is 3.30. The molecule has 0 saturated carbocycles. The standard InChI is InChI=1S/C14H8BrN3O3/c15-9-5-6-11-10(7-9)14(19)17(8-16-11)12-3-1-2-4-13(12)18(20)21/h1-8H. The molecule has 104 valence electrons. The van der Waals surface area contributed by atoms with Crippen LogP contribution < -0.4 is 5.56 Å². The minimum atomic E-state index is -0.521. The van der Waals surface area contributed by atoms with Crippen molar-refractivity contribution in [2.75, 3.05) is 0 Å². The third-order valence-electron chi connectivity index (χ3n) is 3.06. The van der Waals surface area contributed by atoms with Crippen molar-refractivity contribution in [3.63, 3.8) is 0 Å². The first-order valence-electron chi connectivity index (χ1n) is 5.98. The maximum Gasteiger partial charge on any atom is 0.293 e. The molecule has 7 heteroatoms. The van der Waals surface area contributed by atoms with E-state index < -0.39 is 4.92 Å². The number of benzene rings is 2. The number of nitro groups is 1. The van der Waals surface area contributed by atoms with Crippen molar-refractivity contribution in [1.29, 1.82) is 0 Å². The fourth-order valence-corrected chi connectivity index (χ4v) is 2.45. The smallest absolute Gasteiger partial charge is 0.268 e. The van der Waals surface area contributed by atoms with Crippen LogP contribution in [0.1, 0.15) is 0 Å². The van der Waals surface area contributed by atoms with E-state index >= 15 is 0 Å². The molecule has 0 radical (unpaired) electrons. The summed E-state index contributed by atoms with van der Waals surface area (Å²) in [5.41, 5.74) is 0.242. The van der Waals surface area contributed by atoms with Gasteiger partial charge in [-0.1, -0.05) is 28.1 Å². The van der Waals surface area contributed by atoms with Crippen LogP contribution in [0.25, 0.3) is 16.6 Å². The Morgan fingerprint density at radius 1 is 1.19 bits per heavy atom. The monoisotopic (exact) mass is 345 g/mol. The molecule has 21 heavy (non-hydrogen) atoms. The lowest BCUT2D eigenvalue weighted by molar-refractivity contribution is -0.384. The van der Waals surface area contributed by atoms with Crippen molar-refractivity contribution in [2.45, 2.75) is 0 Å². The van der Waals surface area contributed by atoms with Gasteiger partial charge in [0.1, 0.15) is 12.0 Å². The van der Waals surface area contributed by atoms with E-state index in [-0.39, 0.29) is 16.9 Å². The topological polar surface area (TPSA) is 78.0 Å². The minimum absolute atomic E-state index is 0.143. The van der Waals surface area contributed by atoms with Crippen molar-refractivity contribution >= 4 is 32.5 Å². The van der Waals surface area contributed by atoms with Gasteiger partial charge in [-0.2, -0.15) is 0 Å². The van der Waals surface area contributed by atoms with E-state index in [9.17, 15) is 14.9 Å². The Kier molecular flexibility index (Phi) is 3.26. The number of nitrogens with zero attached hydrogens (tertiary/aromatic N) is 3. The van der Waals surface area contributed by atoms with E-state index in [1.165, 1.54) is 23.0 Å². The molecule has 0 bridgehead atoms. The molecule has 0 fully saturated rings. The van der Waals surface area contributed by atoms with Crippen LogP contribution >= 0.6 is 15.9 Å². The second kappa shape index (κ2) is 5.10. The Labute approximate surface area is 127 Å². The average Bonchev–Trinajstić information content (AvgIpc) is 2.48.